The number of rotatable bonds is 13. The first-order valence-corrected chi connectivity index (χ1v) is 15.0. The molecule has 0 radical (unpaired) electrons. The van der Waals surface area contributed by atoms with Crippen LogP contribution in [0.15, 0.2) is 35.7 Å². The molecule has 246 valence electrons. The number of alkyl halides is 6. The number of halogens is 6. The van der Waals surface area contributed by atoms with Crippen molar-refractivity contribution in [1.29, 1.82) is 0 Å². The molecule has 1 amide bonds. The zero-order valence-corrected chi connectivity index (χ0v) is 25.0. The zero-order chi connectivity index (χ0) is 32.5. The summed E-state index contributed by atoms with van der Waals surface area (Å²) in [6.45, 7) is 1.73. The molecule has 3 N–H and O–H groups in total. The molecule has 45 heavy (non-hydrogen) atoms. The molecule has 0 spiro atoms. The first-order chi connectivity index (χ1) is 21.4. The minimum atomic E-state index is -4.56. The van der Waals surface area contributed by atoms with Crippen LogP contribution in [-0.2, 0) is 16.0 Å². The number of thioether (sulfide) groups is 1. The Labute approximate surface area is 259 Å². The summed E-state index contributed by atoms with van der Waals surface area (Å²) in [6.07, 6.45) is 2.48. The lowest BCUT2D eigenvalue weighted by Crippen LogP contribution is -2.41. The van der Waals surface area contributed by atoms with E-state index in [-0.39, 0.29) is 51.8 Å². The van der Waals surface area contributed by atoms with Gasteiger partial charge in [0.1, 0.15) is 10.7 Å². The molecule has 10 nitrogen and oxygen atoms in total. The van der Waals surface area contributed by atoms with Crippen LogP contribution in [0.1, 0.15) is 35.3 Å². The Hall–Kier alpha value is -3.46. The number of piperidine rings is 1. The highest BCUT2D eigenvalue weighted by atomic mass is 32.2. The van der Waals surface area contributed by atoms with Crippen LogP contribution in [0.25, 0.3) is 5.65 Å². The number of nitrogen functional groups attached to an aromatic ring is 1. The number of likely N-dealkylation sites (tertiary alicyclic amines) is 1. The van der Waals surface area contributed by atoms with E-state index >= 15 is 0 Å². The van der Waals surface area contributed by atoms with Crippen molar-refractivity contribution in [2.75, 3.05) is 58.3 Å². The number of hydrogen-bond acceptors (Lipinski definition) is 8. The van der Waals surface area contributed by atoms with Gasteiger partial charge < -0.3 is 20.5 Å². The van der Waals surface area contributed by atoms with Crippen molar-refractivity contribution in [1.82, 2.24) is 29.4 Å². The van der Waals surface area contributed by atoms with Crippen LogP contribution in [-0.4, -0.2) is 94.3 Å². The Morgan fingerprint density at radius 1 is 1.16 bits per heavy atom. The smallest absolute Gasteiger partial charge is 0.396 e. The monoisotopic (exact) mass is 661 g/mol. The van der Waals surface area contributed by atoms with Gasteiger partial charge in [0.2, 0.25) is 0 Å². The molecule has 1 saturated heterocycles. The number of ether oxygens (including phenoxy) is 2. The molecule has 4 rings (SSSR count). The van der Waals surface area contributed by atoms with Gasteiger partial charge in [-0.3, -0.25) is 18.8 Å². The molecule has 4 heterocycles. The van der Waals surface area contributed by atoms with Crippen LogP contribution in [0.5, 0.6) is 0 Å². The van der Waals surface area contributed by atoms with Crippen LogP contribution in [0, 0.1) is 17.8 Å². The molecular formula is C28H33F6N7O3S. The van der Waals surface area contributed by atoms with Crippen molar-refractivity contribution in [3.05, 3.63) is 42.0 Å². The predicted octanol–water partition coefficient (Wildman–Crippen LogP) is 4.20. The first-order valence-electron chi connectivity index (χ1n) is 14.1. The van der Waals surface area contributed by atoms with Crippen LogP contribution in [0.3, 0.4) is 0 Å². The summed E-state index contributed by atoms with van der Waals surface area (Å²) in [5.41, 5.74) is 1.79. The highest BCUT2D eigenvalue weighted by Gasteiger charge is 2.34. The molecule has 3 aromatic heterocycles. The van der Waals surface area contributed by atoms with E-state index < -0.39 is 24.1 Å². The molecule has 17 heteroatoms. The molecule has 1 atom stereocenters. The van der Waals surface area contributed by atoms with Gasteiger partial charge in [-0.2, -0.15) is 31.4 Å². The fourth-order valence-corrected chi connectivity index (χ4v) is 5.49. The molecule has 0 bridgehead atoms. The number of carbonyl (C=O) groups excluding carboxylic acids is 1. The molecule has 0 unspecified atom stereocenters. The standard InChI is InChI=1S/C28H33F6N7O3S/c29-27(30,31)19-39-9-2-4-20(17-39)7-12-43-14-15-44-13-11-40-18-21(16-37-40)25(42)36-8-1-6-23-26(45-28(32,33)34)41-10-3-5-22(35)24(41)38-23/h3,5,10,16,18,20H,2,4,7-9,11-15,17,19,35H2,(H,36,42)/t20-/m0/s1. The number of anilines is 1. The fraction of sp³-hybridized carbons (Fsp3) is 0.536. The van der Waals surface area contributed by atoms with Gasteiger partial charge in [-0.15, -0.1) is 0 Å². The second kappa shape index (κ2) is 15.7. The lowest BCUT2D eigenvalue weighted by atomic mass is 9.95. The number of nitrogens with two attached hydrogens (primary N) is 1. The van der Waals surface area contributed by atoms with Gasteiger partial charge in [-0.05, 0) is 49.8 Å². The maximum atomic E-state index is 13.1. The highest BCUT2D eigenvalue weighted by molar-refractivity contribution is 8.00. The number of hydrogen-bond donors (Lipinski definition) is 2. The summed E-state index contributed by atoms with van der Waals surface area (Å²) in [5.74, 6) is 4.93. The summed E-state index contributed by atoms with van der Waals surface area (Å²) in [7, 11) is 0. The molecule has 0 aromatic carbocycles. The number of aromatic nitrogens is 4. The van der Waals surface area contributed by atoms with Crippen LogP contribution >= 0.6 is 11.8 Å². The Morgan fingerprint density at radius 3 is 2.69 bits per heavy atom. The first kappa shape index (κ1) is 34.4. The molecule has 1 aliphatic rings. The predicted molar refractivity (Wildman–Crippen MR) is 154 cm³/mol. The number of imidazole rings is 1. The summed E-state index contributed by atoms with van der Waals surface area (Å²) in [5, 5.41) is 6.47. The molecule has 1 aliphatic heterocycles. The number of nitrogens with one attached hydrogen (secondary N) is 1. The van der Waals surface area contributed by atoms with Gasteiger partial charge in [0.05, 0.1) is 56.9 Å². The third kappa shape index (κ3) is 11.1. The topological polar surface area (TPSA) is 112 Å². The molecule has 0 aliphatic carbocycles. The van der Waals surface area contributed by atoms with Crippen molar-refractivity contribution < 1.29 is 40.6 Å². The Bertz CT molecular complexity index is 1480. The third-order valence-electron chi connectivity index (χ3n) is 6.80. The number of pyridine rings is 1. The van der Waals surface area contributed by atoms with E-state index in [1.54, 1.807) is 0 Å². The number of amides is 1. The third-order valence-corrected chi connectivity index (χ3v) is 7.62. The van der Waals surface area contributed by atoms with Gasteiger partial charge in [0.15, 0.2) is 5.65 Å². The number of fused-ring (bicyclic) bond motifs is 1. The lowest BCUT2D eigenvalue weighted by Gasteiger charge is -2.33. The largest absolute Gasteiger partial charge is 0.447 e. The normalized spacial score (nSPS) is 16.1. The minimum absolute atomic E-state index is 0.108. The zero-order valence-electron chi connectivity index (χ0n) is 24.2. The summed E-state index contributed by atoms with van der Waals surface area (Å²) < 4.78 is 91.0. The molecular weight excluding hydrogens is 628 g/mol. The van der Waals surface area contributed by atoms with E-state index in [2.05, 4.69) is 27.2 Å². The van der Waals surface area contributed by atoms with Crippen molar-refractivity contribution in [3.8, 4) is 11.8 Å². The van der Waals surface area contributed by atoms with Gasteiger partial charge in [0, 0.05) is 37.3 Å². The van der Waals surface area contributed by atoms with E-state index in [9.17, 15) is 31.1 Å². The average molecular weight is 662 g/mol. The second-order valence-corrected chi connectivity index (χ2v) is 11.4. The van der Waals surface area contributed by atoms with E-state index in [1.165, 1.54) is 44.7 Å². The van der Waals surface area contributed by atoms with Crippen LogP contribution < -0.4 is 11.1 Å². The van der Waals surface area contributed by atoms with Gasteiger partial charge in [0.25, 0.3) is 5.91 Å². The maximum Gasteiger partial charge on any atom is 0.447 e. The molecule has 1 fully saturated rings. The van der Waals surface area contributed by atoms with Crippen molar-refractivity contribution in [2.24, 2.45) is 5.92 Å². The van der Waals surface area contributed by atoms with Gasteiger partial charge >= 0.3 is 11.7 Å². The van der Waals surface area contributed by atoms with Crippen LogP contribution in [0.2, 0.25) is 0 Å². The highest BCUT2D eigenvalue weighted by Crippen LogP contribution is 2.39. The minimum Gasteiger partial charge on any atom is -0.396 e. The Balaban J connectivity index is 1.13. The number of nitrogens with zero attached hydrogens (tertiary/aromatic N) is 5. The lowest BCUT2D eigenvalue weighted by molar-refractivity contribution is -0.149. The molecule has 0 saturated carbocycles. The summed E-state index contributed by atoms with van der Waals surface area (Å²) in [4.78, 5) is 18.0. The van der Waals surface area contributed by atoms with Crippen molar-refractivity contribution in [3.63, 3.8) is 0 Å². The summed E-state index contributed by atoms with van der Waals surface area (Å²) in [6, 6.07) is 3.03. The molecule has 3 aromatic rings. The van der Waals surface area contributed by atoms with Gasteiger partial charge in [-0.1, -0.05) is 5.92 Å². The van der Waals surface area contributed by atoms with E-state index in [0.717, 1.165) is 12.8 Å². The van der Waals surface area contributed by atoms with Crippen molar-refractivity contribution >= 4 is 29.0 Å². The van der Waals surface area contributed by atoms with E-state index in [1.807, 2.05) is 0 Å². The Morgan fingerprint density at radius 2 is 1.93 bits per heavy atom. The quantitative estimate of drug-likeness (QED) is 0.121. The summed E-state index contributed by atoms with van der Waals surface area (Å²) >= 11 is -0.348. The average Bonchev–Trinajstić information content (AvgIpc) is 3.57. The SMILES string of the molecule is Nc1cccn2c(SC(F)(F)F)c(C#CCNC(=O)c3cnn(CCOCCOCC[C@@H]4CCCN(CC(F)(F)F)C4)c3)nc12. The second-order valence-electron chi connectivity index (χ2n) is 10.3. The van der Waals surface area contributed by atoms with Crippen molar-refractivity contribution in [2.45, 2.75) is 42.5 Å². The van der Waals surface area contributed by atoms with E-state index in [0.29, 0.717) is 52.5 Å². The maximum absolute atomic E-state index is 13.1. The van der Waals surface area contributed by atoms with Gasteiger partial charge in [-0.25, -0.2) is 4.98 Å². The van der Waals surface area contributed by atoms with Crippen LogP contribution in [0.4, 0.5) is 32.0 Å². The Kier molecular flexibility index (Phi) is 12.0. The number of carbonyl (C=O) groups is 1. The fourth-order valence-electron chi connectivity index (χ4n) is 4.83. The van der Waals surface area contributed by atoms with E-state index in [4.69, 9.17) is 15.2 Å².